The van der Waals surface area contributed by atoms with E-state index in [9.17, 15) is 9.59 Å². The second kappa shape index (κ2) is 8.91. The van der Waals surface area contributed by atoms with E-state index in [-0.39, 0.29) is 25.2 Å². The summed E-state index contributed by atoms with van der Waals surface area (Å²) in [7, 11) is 1.84. The molecular weight excluding hydrogens is 432 g/mol. The van der Waals surface area contributed by atoms with E-state index in [2.05, 4.69) is 21.2 Å². The van der Waals surface area contributed by atoms with E-state index < -0.39 is 0 Å². The van der Waals surface area contributed by atoms with Gasteiger partial charge in [0.2, 0.25) is 28.9 Å². The van der Waals surface area contributed by atoms with Gasteiger partial charge in [0, 0.05) is 52.7 Å². The van der Waals surface area contributed by atoms with Crippen molar-refractivity contribution in [1.29, 1.82) is 0 Å². The number of likely N-dealkylation sites (N-methyl/N-ethyl adjacent to an activating group) is 1. The van der Waals surface area contributed by atoms with Crippen LogP contribution in [0, 0.1) is 0 Å². The van der Waals surface area contributed by atoms with Gasteiger partial charge in [-0.1, -0.05) is 17.4 Å². The zero-order valence-corrected chi connectivity index (χ0v) is 18.8. The van der Waals surface area contributed by atoms with Crippen LogP contribution in [0.3, 0.4) is 0 Å². The van der Waals surface area contributed by atoms with Crippen LogP contribution in [-0.2, 0) is 16.1 Å². The summed E-state index contributed by atoms with van der Waals surface area (Å²) in [6.45, 7) is 5.07. The van der Waals surface area contributed by atoms with Crippen LogP contribution in [0.25, 0.3) is 0 Å². The minimum absolute atomic E-state index is 0.0734. The minimum atomic E-state index is 0.0734. The van der Waals surface area contributed by atoms with E-state index in [4.69, 9.17) is 9.47 Å². The standard InChI is InChI=1S/C21H26N6O4S/c1-24(20-22-23-21(32-20)27-6-2-3-18(27)28)13-19(29)26-9-7-25(8-10-26)12-15-4-5-16-17(11-15)31-14-30-16/h4-5,11H,2-3,6-10,12-14H2,1H3. The van der Waals surface area contributed by atoms with Crippen molar-refractivity contribution in [1.82, 2.24) is 20.0 Å². The molecule has 0 atom stereocenters. The predicted octanol–water partition coefficient (Wildman–Crippen LogP) is 1.17. The molecule has 2 fully saturated rings. The molecule has 170 valence electrons. The monoisotopic (exact) mass is 458 g/mol. The fourth-order valence-corrected chi connectivity index (χ4v) is 5.00. The molecule has 1 aromatic heterocycles. The molecule has 0 bridgehead atoms. The van der Waals surface area contributed by atoms with Crippen LogP contribution < -0.4 is 19.3 Å². The number of hydrogen-bond acceptors (Lipinski definition) is 9. The van der Waals surface area contributed by atoms with Crippen molar-refractivity contribution in [3.8, 4) is 11.5 Å². The Balaban J connectivity index is 1.10. The fraction of sp³-hybridized carbons (Fsp3) is 0.524. The number of aromatic nitrogens is 2. The number of hydrogen-bond donors (Lipinski definition) is 0. The maximum absolute atomic E-state index is 12.8. The highest BCUT2D eigenvalue weighted by Gasteiger charge is 2.27. The summed E-state index contributed by atoms with van der Waals surface area (Å²) in [5.74, 6) is 1.76. The summed E-state index contributed by atoms with van der Waals surface area (Å²) in [5.41, 5.74) is 1.18. The van der Waals surface area contributed by atoms with Crippen molar-refractivity contribution in [2.45, 2.75) is 19.4 Å². The molecule has 0 radical (unpaired) electrons. The average molecular weight is 459 g/mol. The van der Waals surface area contributed by atoms with E-state index in [1.165, 1.54) is 16.9 Å². The van der Waals surface area contributed by atoms with Crippen LogP contribution in [0.5, 0.6) is 11.5 Å². The largest absolute Gasteiger partial charge is 0.454 e. The Morgan fingerprint density at radius 1 is 1.12 bits per heavy atom. The smallest absolute Gasteiger partial charge is 0.242 e. The number of piperazine rings is 1. The van der Waals surface area contributed by atoms with Crippen LogP contribution >= 0.6 is 11.3 Å². The predicted molar refractivity (Wildman–Crippen MR) is 119 cm³/mol. The quantitative estimate of drug-likeness (QED) is 0.637. The van der Waals surface area contributed by atoms with Crippen molar-refractivity contribution in [3.05, 3.63) is 23.8 Å². The van der Waals surface area contributed by atoms with Crippen molar-refractivity contribution < 1.29 is 19.1 Å². The first-order valence-corrected chi connectivity index (χ1v) is 11.6. The molecule has 0 N–H and O–H groups in total. The third-order valence-corrected chi connectivity index (χ3v) is 7.04. The van der Waals surface area contributed by atoms with E-state index in [0.717, 1.165) is 37.6 Å². The lowest BCUT2D eigenvalue weighted by atomic mass is 10.1. The Bertz CT molecular complexity index is 1010. The van der Waals surface area contributed by atoms with E-state index in [1.54, 1.807) is 4.90 Å². The molecular formula is C21H26N6O4S. The van der Waals surface area contributed by atoms with E-state index >= 15 is 0 Å². The van der Waals surface area contributed by atoms with Gasteiger partial charge in [0.15, 0.2) is 11.5 Å². The fourth-order valence-electron chi connectivity index (χ4n) is 4.15. The lowest BCUT2D eigenvalue weighted by molar-refractivity contribution is -0.131. The second-order valence-corrected chi connectivity index (χ2v) is 9.15. The van der Waals surface area contributed by atoms with Gasteiger partial charge in [-0.05, 0) is 24.1 Å². The molecule has 0 unspecified atom stereocenters. The molecule has 10 nitrogen and oxygen atoms in total. The third kappa shape index (κ3) is 4.35. The number of anilines is 2. The molecule has 0 aliphatic carbocycles. The number of ether oxygens (including phenoxy) is 2. The first-order chi connectivity index (χ1) is 15.6. The van der Waals surface area contributed by atoms with Crippen LogP contribution in [0.2, 0.25) is 0 Å². The molecule has 3 aliphatic heterocycles. The summed E-state index contributed by atoms with van der Waals surface area (Å²) in [5, 5.41) is 9.58. The van der Waals surface area contributed by atoms with E-state index in [0.29, 0.717) is 36.3 Å². The van der Waals surface area contributed by atoms with Crippen LogP contribution in [0.1, 0.15) is 18.4 Å². The Morgan fingerprint density at radius 3 is 2.72 bits per heavy atom. The Labute approximate surface area is 190 Å². The molecule has 1 aromatic carbocycles. The van der Waals surface area contributed by atoms with Crippen molar-refractivity contribution in [3.63, 3.8) is 0 Å². The number of rotatable bonds is 6. The number of nitrogens with zero attached hydrogens (tertiary/aromatic N) is 6. The lowest BCUT2D eigenvalue weighted by Crippen LogP contribution is -2.50. The Morgan fingerprint density at radius 2 is 1.94 bits per heavy atom. The van der Waals surface area contributed by atoms with Crippen LogP contribution in [0.15, 0.2) is 18.2 Å². The molecule has 2 saturated heterocycles. The highest BCUT2D eigenvalue weighted by molar-refractivity contribution is 7.19. The van der Waals surface area contributed by atoms with Crippen molar-refractivity contribution in [2.24, 2.45) is 0 Å². The number of carbonyl (C=O) groups is 2. The Hall–Kier alpha value is -2.92. The van der Waals surface area contributed by atoms with Gasteiger partial charge < -0.3 is 19.3 Å². The second-order valence-electron chi connectivity index (χ2n) is 8.22. The number of amides is 2. The van der Waals surface area contributed by atoms with Gasteiger partial charge in [-0.25, -0.2) is 0 Å². The number of carbonyl (C=O) groups excluding carboxylic acids is 2. The van der Waals surface area contributed by atoms with Crippen LogP contribution in [-0.4, -0.2) is 84.9 Å². The Kier molecular flexibility index (Phi) is 5.83. The van der Waals surface area contributed by atoms with Gasteiger partial charge in [-0.15, -0.1) is 10.2 Å². The molecule has 32 heavy (non-hydrogen) atoms. The molecule has 2 aromatic rings. The average Bonchev–Trinajstić information content (AvgIpc) is 3.54. The molecule has 5 rings (SSSR count). The first kappa shape index (κ1) is 21.0. The normalized spacial score (nSPS) is 18.5. The topological polar surface area (TPSA) is 91.3 Å². The molecule has 4 heterocycles. The van der Waals surface area contributed by atoms with Gasteiger partial charge in [0.05, 0.1) is 6.54 Å². The number of benzene rings is 1. The summed E-state index contributed by atoms with van der Waals surface area (Å²) in [4.78, 5) is 32.5. The van der Waals surface area contributed by atoms with Gasteiger partial charge in [0.1, 0.15) is 0 Å². The molecule has 11 heteroatoms. The minimum Gasteiger partial charge on any atom is -0.454 e. The van der Waals surface area contributed by atoms with E-state index in [1.807, 2.05) is 29.0 Å². The third-order valence-electron chi connectivity index (χ3n) is 5.98. The molecule has 0 saturated carbocycles. The summed E-state index contributed by atoms with van der Waals surface area (Å²) >= 11 is 1.35. The summed E-state index contributed by atoms with van der Waals surface area (Å²) in [6, 6.07) is 6.04. The molecule has 0 spiro atoms. The maximum atomic E-state index is 12.8. The van der Waals surface area contributed by atoms with Crippen LogP contribution in [0.4, 0.5) is 10.3 Å². The highest BCUT2D eigenvalue weighted by Crippen LogP contribution is 2.33. The maximum Gasteiger partial charge on any atom is 0.242 e. The molecule has 3 aliphatic rings. The SMILES string of the molecule is CN(CC(=O)N1CCN(Cc2ccc3c(c2)OCO3)CC1)c1nnc(N2CCCC2=O)s1. The molecule has 2 amide bonds. The lowest BCUT2D eigenvalue weighted by Gasteiger charge is -2.35. The zero-order valence-electron chi connectivity index (χ0n) is 18.0. The van der Waals surface area contributed by atoms with Gasteiger partial charge in [-0.2, -0.15) is 0 Å². The van der Waals surface area contributed by atoms with Crippen molar-refractivity contribution in [2.75, 3.05) is 62.9 Å². The highest BCUT2D eigenvalue weighted by atomic mass is 32.1. The van der Waals surface area contributed by atoms with Gasteiger partial charge in [-0.3, -0.25) is 19.4 Å². The zero-order chi connectivity index (χ0) is 22.1. The van der Waals surface area contributed by atoms with Crippen molar-refractivity contribution >= 4 is 33.4 Å². The first-order valence-electron chi connectivity index (χ1n) is 10.8. The summed E-state index contributed by atoms with van der Waals surface area (Å²) in [6.07, 6.45) is 1.41. The van der Waals surface area contributed by atoms with Gasteiger partial charge in [0.25, 0.3) is 0 Å². The summed E-state index contributed by atoms with van der Waals surface area (Å²) < 4.78 is 10.8. The van der Waals surface area contributed by atoms with Gasteiger partial charge >= 0.3 is 0 Å². The number of fused-ring (bicyclic) bond motifs is 1.